The first-order valence-corrected chi connectivity index (χ1v) is 21.2. The van der Waals surface area contributed by atoms with E-state index in [1.54, 1.807) is 6.26 Å². The van der Waals surface area contributed by atoms with Crippen LogP contribution in [0.15, 0.2) is 248 Å². The van der Waals surface area contributed by atoms with Crippen LogP contribution in [0, 0.1) is 0 Å². The van der Waals surface area contributed by atoms with Crippen molar-refractivity contribution in [2.24, 2.45) is 0 Å². The van der Waals surface area contributed by atoms with Gasteiger partial charge in [-0.3, -0.25) is 0 Å². The summed E-state index contributed by atoms with van der Waals surface area (Å²) in [6.45, 7) is 4.25. The number of hydrogen-bond donors (Lipinski definition) is 0. The predicted octanol–water partition coefficient (Wildman–Crippen LogP) is 16.9. The molecule has 0 amide bonds. The monoisotopic (exact) mass is 807 g/mol. The molecule has 0 saturated carbocycles. The van der Waals surface area contributed by atoms with Crippen molar-refractivity contribution in [2.45, 2.75) is 0 Å². The van der Waals surface area contributed by atoms with Gasteiger partial charge in [-0.2, -0.15) is 0 Å². The smallest absolute Gasteiger partial charge is 0.143 e. The summed E-state index contributed by atoms with van der Waals surface area (Å²) in [7, 11) is 0. The van der Waals surface area contributed by atoms with Crippen molar-refractivity contribution in [3.8, 4) is 61.4 Å². The number of nitrogens with zero attached hydrogens (tertiary/aromatic N) is 1. The first-order valence-electron chi connectivity index (χ1n) is 21.2. The molecule has 0 radical (unpaired) electrons. The Bertz CT molecular complexity index is 3320. The van der Waals surface area contributed by atoms with Crippen LogP contribution in [0.1, 0.15) is 5.56 Å². The lowest BCUT2D eigenvalue weighted by Gasteiger charge is -2.26. The summed E-state index contributed by atoms with van der Waals surface area (Å²) in [5.41, 5.74) is 18.3. The number of para-hydroxylation sites is 3. The van der Waals surface area contributed by atoms with E-state index in [2.05, 4.69) is 212 Å². The molecule has 0 fully saturated rings. The van der Waals surface area contributed by atoms with E-state index in [9.17, 15) is 0 Å². The largest absolute Gasteiger partial charge is 0.464 e. The van der Waals surface area contributed by atoms with Crippen LogP contribution in [-0.4, -0.2) is 0 Å². The Morgan fingerprint density at radius 3 is 1.40 bits per heavy atom. The topological polar surface area (TPSA) is 25.6 Å². The van der Waals surface area contributed by atoms with Crippen molar-refractivity contribution >= 4 is 44.6 Å². The average Bonchev–Trinajstić information content (AvgIpc) is 3.73. The second kappa shape index (κ2) is 16.2. The third kappa shape index (κ3) is 7.22. The van der Waals surface area contributed by atoms with Gasteiger partial charge in [-0.15, -0.1) is 0 Å². The fraction of sp³-hybridized carbons (Fsp3) is 0. The minimum atomic E-state index is 0.816. The SMILES string of the molecule is C=C1/C=C\C=C/Oc2c1cccc2-c1ccc(-c2ccc(N(c3ccc(-c4ccccc4)cc3)c3ccc(-c4ccc(-c5cccc6c5oc5ccccc56)cc4)cc3)cc2)cc1. The van der Waals surface area contributed by atoms with Crippen LogP contribution in [0.4, 0.5) is 17.1 Å². The fourth-order valence-corrected chi connectivity index (χ4v) is 8.70. The number of anilines is 3. The quantitative estimate of drug-likeness (QED) is 0.153. The molecule has 0 saturated heterocycles. The molecular weight excluding hydrogens is 767 g/mol. The highest BCUT2D eigenvalue weighted by Crippen LogP contribution is 2.41. The van der Waals surface area contributed by atoms with E-state index in [1.807, 2.05) is 30.4 Å². The van der Waals surface area contributed by atoms with E-state index in [1.165, 1.54) is 11.1 Å². The Labute approximate surface area is 367 Å². The zero-order chi connectivity index (χ0) is 42.1. The van der Waals surface area contributed by atoms with Crippen LogP contribution in [-0.2, 0) is 0 Å². The molecule has 3 heteroatoms. The average molecular weight is 808 g/mol. The Balaban J connectivity index is 0.889. The van der Waals surface area contributed by atoms with Gasteiger partial charge in [-0.1, -0.05) is 189 Å². The van der Waals surface area contributed by atoms with Crippen molar-refractivity contribution in [2.75, 3.05) is 4.90 Å². The molecule has 2 heterocycles. The fourth-order valence-electron chi connectivity index (χ4n) is 8.70. The van der Waals surface area contributed by atoms with Crippen molar-refractivity contribution in [3.05, 3.63) is 249 Å². The highest BCUT2D eigenvalue weighted by atomic mass is 16.5. The van der Waals surface area contributed by atoms with Crippen molar-refractivity contribution in [3.63, 3.8) is 0 Å². The number of allylic oxidation sites excluding steroid dienone is 4. The Kier molecular flexibility index (Phi) is 9.68. The van der Waals surface area contributed by atoms with Gasteiger partial charge in [0.05, 0.1) is 6.26 Å². The summed E-state index contributed by atoms with van der Waals surface area (Å²) in [4.78, 5) is 2.32. The van der Waals surface area contributed by atoms with E-state index in [4.69, 9.17) is 9.15 Å². The Hall–Kier alpha value is -8.40. The maximum absolute atomic E-state index is 6.35. The third-order valence-corrected chi connectivity index (χ3v) is 12.0. The molecule has 0 bridgehead atoms. The van der Waals surface area contributed by atoms with Gasteiger partial charge in [-0.05, 0) is 98.6 Å². The summed E-state index contributed by atoms with van der Waals surface area (Å²) < 4.78 is 12.5. The first-order chi connectivity index (χ1) is 31.1. The van der Waals surface area contributed by atoms with Gasteiger partial charge in [0.1, 0.15) is 16.9 Å². The summed E-state index contributed by atoms with van der Waals surface area (Å²) in [6.07, 6.45) is 7.57. The molecule has 0 unspecified atom stereocenters. The van der Waals surface area contributed by atoms with Gasteiger partial charge in [0, 0.05) is 44.5 Å². The lowest BCUT2D eigenvalue weighted by atomic mass is 9.95. The lowest BCUT2D eigenvalue weighted by Crippen LogP contribution is -2.09. The van der Waals surface area contributed by atoms with Crippen molar-refractivity contribution < 1.29 is 9.15 Å². The summed E-state index contributed by atoms with van der Waals surface area (Å²) in [5.74, 6) is 0.816. The number of rotatable bonds is 8. The van der Waals surface area contributed by atoms with Gasteiger partial charge in [0.25, 0.3) is 0 Å². The second-order valence-electron chi connectivity index (χ2n) is 15.8. The summed E-state index contributed by atoms with van der Waals surface area (Å²) >= 11 is 0. The molecular formula is C60H41NO2. The van der Waals surface area contributed by atoms with Crippen LogP contribution < -0.4 is 9.64 Å². The zero-order valence-corrected chi connectivity index (χ0v) is 34.5. The standard InChI is InChI=1S/C60H41NO2/c1-41-11-7-8-40-62-59-53(41)15-9-16-54(59)48-24-20-43(21-25-48)46-30-36-51(37-31-46)61(50-34-28-45(29-35-50)42-12-3-2-4-13-42)52-38-32-47(33-39-52)44-22-26-49(27-23-44)55-17-10-18-57-56-14-5-6-19-58(56)63-60(55)57/h2-40H,1H2/b11-7-,40-8-. The van der Waals surface area contributed by atoms with Crippen LogP contribution in [0.2, 0.25) is 0 Å². The van der Waals surface area contributed by atoms with E-state index >= 15 is 0 Å². The molecule has 0 aliphatic carbocycles. The molecule has 10 aromatic rings. The number of ether oxygens (including phenoxy) is 1. The van der Waals surface area contributed by atoms with Gasteiger partial charge < -0.3 is 14.1 Å². The van der Waals surface area contributed by atoms with Gasteiger partial charge in [-0.25, -0.2) is 0 Å². The van der Waals surface area contributed by atoms with E-state index in [0.29, 0.717) is 0 Å². The molecule has 0 N–H and O–H groups in total. The predicted molar refractivity (Wildman–Crippen MR) is 264 cm³/mol. The third-order valence-electron chi connectivity index (χ3n) is 12.0. The van der Waals surface area contributed by atoms with Crippen LogP contribution in [0.5, 0.6) is 5.75 Å². The highest BCUT2D eigenvalue weighted by Gasteiger charge is 2.17. The van der Waals surface area contributed by atoms with Crippen molar-refractivity contribution in [1.82, 2.24) is 0 Å². The first kappa shape index (κ1) is 37.6. The second-order valence-corrected chi connectivity index (χ2v) is 15.8. The summed E-state index contributed by atoms with van der Waals surface area (Å²) in [6, 6.07) is 75.4. The molecule has 298 valence electrons. The van der Waals surface area contributed by atoms with E-state index in [0.717, 1.165) is 100 Å². The molecule has 1 aromatic heterocycles. The number of hydrogen-bond acceptors (Lipinski definition) is 3. The van der Waals surface area contributed by atoms with E-state index in [-0.39, 0.29) is 0 Å². The van der Waals surface area contributed by atoms with Crippen LogP contribution in [0.3, 0.4) is 0 Å². The van der Waals surface area contributed by atoms with Gasteiger partial charge in [0.2, 0.25) is 0 Å². The molecule has 0 atom stereocenters. The zero-order valence-electron chi connectivity index (χ0n) is 34.5. The van der Waals surface area contributed by atoms with Crippen molar-refractivity contribution in [1.29, 1.82) is 0 Å². The van der Waals surface area contributed by atoms with Gasteiger partial charge >= 0.3 is 0 Å². The lowest BCUT2D eigenvalue weighted by molar-refractivity contribution is 0.481. The minimum absolute atomic E-state index is 0.816. The number of benzene rings is 9. The molecule has 9 aromatic carbocycles. The molecule has 0 spiro atoms. The molecule has 3 nitrogen and oxygen atoms in total. The molecule has 1 aliphatic heterocycles. The van der Waals surface area contributed by atoms with Gasteiger partial charge in [0.15, 0.2) is 0 Å². The number of furan rings is 1. The molecule has 63 heavy (non-hydrogen) atoms. The molecule has 11 rings (SSSR count). The number of fused-ring (bicyclic) bond motifs is 4. The Morgan fingerprint density at radius 1 is 0.349 bits per heavy atom. The maximum Gasteiger partial charge on any atom is 0.143 e. The van der Waals surface area contributed by atoms with E-state index < -0.39 is 0 Å². The highest BCUT2D eigenvalue weighted by molar-refractivity contribution is 6.09. The normalized spacial score (nSPS) is 13.2. The van der Waals surface area contributed by atoms with Crippen LogP contribution >= 0.6 is 0 Å². The van der Waals surface area contributed by atoms with Crippen LogP contribution in [0.25, 0.3) is 83.1 Å². The Morgan fingerprint density at radius 2 is 0.794 bits per heavy atom. The minimum Gasteiger partial charge on any atom is -0.464 e. The maximum atomic E-state index is 6.35. The summed E-state index contributed by atoms with van der Waals surface area (Å²) in [5, 5.41) is 2.28. The molecule has 1 aliphatic rings.